The number of aromatic amines is 1. The molecule has 1 N–H and O–H groups in total. The van der Waals surface area contributed by atoms with E-state index in [4.69, 9.17) is 11.6 Å². The first kappa shape index (κ1) is 13.4. The van der Waals surface area contributed by atoms with Crippen LogP contribution in [0, 0.1) is 0 Å². The maximum Gasteiger partial charge on any atom is 0.180 e. The molecule has 0 fully saturated rings. The van der Waals surface area contributed by atoms with Crippen LogP contribution >= 0.6 is 27.5 Å². The predicted octanol–water partition coefficient (Wildman–Crippen LogP) is 4.11. The molecule has 3 aromatic rings. The minimum absolute atomic E-state index is 0.653. The number of imidazole rings is 1. The first-order valence-electron chi connectivity index (χ1n) is 6.04. The number of hydrogen-bond donors (Lipinski definition) is 1. The number of nitrogens with one attached hydrogen (secondary N) is 1. The van der Waals surface area contributed by atoms with Crippen molar-refractivity contribution in [3.8, 4) is 11.4 Å². The van der Waals surface area contributed by atoms with Gasteiger partial charge in [-0.25, -0.2) is 9.97 Å². The molecule has 4 nitrogen and oxygen atoms in total. The molecule has 0 aliphatic rings. The van der Waals surface area contributed by atoms with Crippen LogP contribution in [0.25, 0.3) is 22.6 Å². The Balaban J connectivity index is 2.15. The van der Waals surface area contributed by atoms with Crippen molar-refractivity contribution < 1.29 is 0 Å². The van der Waals surface area contributed by atoms with E-state index >= 15 is 0 Å². The Bertz CT molecular complexity index is 782. The lowest BCUT2D eigenvalue weighted by atomic mass is 10.2. The summed E-state index contributed by atoms with van der Waals surface area (Å²) in [7, 11) is 3.90. The number of pyridine rings is 1. The van der Waals surface area contributed by atoms with Crippen molar-refractivity contribution >= 4 is 44.5 Å². The van der Waals surface area contributed by atoms with E-state index in [0.717, 1.165) is 27.2 Å². The van der Waals surface area contributed by atoms with Crippen LogP contribution in [0.1, 0.15) is 0 Å². The Hall–Kier alpha value is -1.59. The van der Waals surface area contributed by atoms with E-state index in [1.54, 1.807) is 0 Å². The summed E-state index contributed by atoms with van der Waals surface area (Å²) in [6.07, 6.45) is 0. The molecule has 0 radical (unpaired) electrons. The molecule has 2 aromatic heterocycles. The lowest BCUT2D eigenvalue weighted by Crippen LogP contribution is -2.10. The third-order valence-electron chi connectivity index (χ3n) is 2.97. The maximum atomic E-state index is 6.23. The number of H-pyrrole nitrogens is 1. The Morgan fingerprint density at radius 3 is 2.70 bits per heavy atom. The van der Waals surface area contributed by atoms with Gasteiger partial charge in [-0.2, -0.15) is 0 Å². The Kier molecular flexibility index (Phi) is 3.40. The highest BCUT2D eigenvalue weighted by molar-refractivity contribution is 9.10. The zero-order valence-electron chi connectivity index (χ0n) is 11.0. The van der Waals surface area contributed by atoms with Gasteiger partial charge in [0.1, 0.15) is 11.6 Å². The second-order valence-electron chi connectivity index (χ2n) is 4.64. The summed E-state index contributed by atoms with van der Waals surface area (Å²) >= 11 is 9.68. The van der Waals surface area contributed by atoms with Gasteiger partial charge in [-0.1, -0.05) is 27.5 Å². The van der Waals surface area contributed by atoms with Crippen LogP contribution in [0.3, 0.4) is 0 Å². The maximum absolute atomic E-state index is 6.23. The van der Waals surface area contributed by atoms with Gasteiger partial charge in [0, 0.05) is 24.1 Å². The molecule has 0 amide bonds. The molecular formula is C14H12BrClN4. The summed E-state index contributed by atoms with van der Waals surface area (Å²) < 4.78 is 0.958. The highest BCUT2D eigenvalue weighted by Gasteiger charge is 2.11. The van der Waals surface area contributed by atoms with Gasteiger partial charge in [-0.05, 0) is 30.3 Å². The van der Waals surface area contributed by atoms with E-state index in [-0.39, 0.29) is 0 Å². The zero-order chi connectivity index (χ0) is 14.3. The molecule has 0 aliphatic carbocycles. The second-order valence-corrected chi connectivity index (χ2v) is 5.97. The van der Waals surface area contributed by atoms with Gasteiger partial charge < -0.3 is 9.88 Å². The van der Waals surface area contributed by atoms with Gasteiger partial charge in [0.2, 0.25) is 0 Å². The minimum atomic E-state index is 0.653. The van der Waals surface area contributed by atoms with E-state index in [9.17, 15) is 0 Å². The molecule has 6 heteroatoms. The minimum Gasteiger partial charge on any atom is -0.363 e. The number of aromatic nitrogens is 3. The number of hydrogen-bond acceptors (Lipinski definition) is 3. The van der Waals surface area contributed by atoms with Gasteiger partial charge in [0.15, 0.2) is 5.65 Å². The molecule has 0 spiro atoms. The molecule has 0 saturated heterocycles. The van der Waals surface area contributed by atoms with E-state index < -0.39 is 0 Å². The highest BCUT2D eigenvalue weighted by atomic mass is 79.9. The summed E-state index contributed by atoms with van der Waals surface area (Å²) in [6, 6.07) is 9.60. The normalized spacial score (nSPS) is 11.0. The summed E-state index contributed by atoms with van der Waals surface area (Å²) in [5, 5.41) is 0.653. The van der Waals surface area contributed by atoms with Crippen molar-refractivity contribution in [3.05, 3.63) is 39.8 Å². The van der Waals surface area contributed by atoms with Gasteiger partial charge in [0.05, 0.1) is 10.5 Å². The van der Waals surface area contributed by atoms with Gasteiger partial charge in [-0.3, -0.25) is 0 Å². The molecule has 2 heterocycles. The number of halogens is 2. The Labute approximate surface area is 129 Å². The first-order chi connectivity index (χ1) is 9.54. The van der Waals surface area contributed by atoms with Crippen LogP contribution in [0.5, 0.6) is 0 Å². The number of anilines is 1. The zero-order valence-corrected chi connectivity index (χ0v) is 13.3. The van der Waals surface area contributed by atoms with Crippen molar-refractivity contribution in [2.24, 2.45) is 0 Å². The molecule has 0 atom stereocenters. The van der Waals surface area contributed by atoms with Crippen molar-refractivity contribution in [1.29, 1.82) is 0 Å². The first-order valence-corrected chi connectivity index (χ1v) is 7.21. The molecular weight excluding hydrogens is 340 g/mol. The van der Waals surface area contributed by atoms with Crippen LogP contribution in [0.4, 0.5) is 5.82 Å². The van der Waals surface area contributed by atoms with Gasteiger partial charge in [0.25, 0.3) is 0 Å². The number of fused-ring (bicyclic) bond motifs is 1. The second kappa shape index (κ2) is 5.07. The van der Waals surface area contributed by atoms with Crippen LogP contribution in [-0.4, -0.2) is 29.0 Å². The van der Waals surface area contributed by atoms with Crippen molar-refractivity contribution in [3.63, 3.8) is 0 Å². The Morgan fingerprint density at radius 2 is 1.95 bits per heavy atom. The third kappa shape index (κ3) is 2.39. The quantitative estimate of drug-likeness (QED) is 0.756. The molecule has 0 saturated carbocycles. The summed E-state index contributed by atoms with van der Waals surface area (Å²) in [4.78, 5) is 14.2. The predicted molar refractivity (Wildman–Crippen MR) is 86.4 cm³/mol. The third-order valence-corrected chi connectivity index (χ3v) is 3.80. The summed E-state index contributed by atoms with van der Waals surface area (Å²) in [5.41, 5.74) is 2.43. The number of benzene rings is 1. The average molecular weight is 352 g/mol. The number of rotatable bonds is 2. The fraction of sp³-hybridized carbons (Fsp3) is 0.143. The van der Waals surface area contributed by atoms with Gasteiger partial charge >= 0.3 is 0 Å². The molecule has 0 aliphatic heterocycles. The molecule has 1 aromatic carbocycles. The summed E-state index contributed by atoms with van der Waals surface area (Å²) in [6.45, 7) is 0. The van der Waals surface area contributed by atoms with Crippen LogP contribution in [0.15, 0.2) is 34.8 Å². The topological polar surface area (TPSA) is 44.8 Å². The molecule has 0 bridgehead atoms. The highest BCUT2D eigenvalue weighted by Crippen LogP contribution is 2.30. The largest absolute Gasteiger partial charge is 0.363 e. The summed E-state index contributed by atoms with van der Waals surface area (Å²) in [5.74, 6) is 1.59. The molecule has 0 unspecified atom stereocenters. The van der Waals surface area contributed by atoms with E-state index in [1.807, 2.05) is 49.3 Å². The van der Waals surface area contributed by atoms with E-state index in [1.165, 1.54) is 0 Å². The van der Waals surface area contributed by atoms with Crippen LogP contribution < -0.4 is 4.90 Å². The number of nitrogens with zero attached hydrogens (tertiary/aromatic N) is 3. The lowest BCUT2D eigenvalue weighted by Gasteiger charge is -2.09. The average Bonchev–Trinajstić information content (AvgIpc) is 2.83. The van der Waals surface area contributed by atoms with Crippen LogP contribution in [-0.2, 0) is 0 Å². The van der Waals surface area contributed by atoms with Crippen molar-refractivity contribution in [1.82, 2.24) is 15.0 Å². The van der Waals surface area contributed by atoms with Crippen LogP contribution in [0.2, 0.25) is 5.02 Å². The monoisotopic (exact) mass is 350 g/mol. The van der Waals surface area contributed by atoms with Gasteiger partial charge in [-0.15, -0.1) is 0 Å². The van der Waals surface area contributed by atoms with Crippen molar-refractivity contribution in [2.75, 3.05) is 19.0 Å². The molecule has 20 heavy (non-hydrogen) atoms. The lowest BCUT2D eigenvalue weighted by molar-refractivity contribution is 1.08. The smallest absolute Gasteiger partial charge is 0.180 e. The fourth-order valence-corrected chi connectivity index (χ4v) is 2.51. The van der Waals surface area contributed by atoms with E-state index in [2.05, 4.69) is 30.9 Å². The molecule has 3 rings (SSSR count). The van der Waals surface area contributed by atoms with E-state index in [0.29, 0.717) is 10.7 Å². The van der Waals surface area contributed by atoms with Crippen molar-refractivity contribution in [2.45, 2.75) is 0 Å². The Morgan fingerprint density at radius 1 is 1.15 bits per heavy atom. The molecule has 102 valence electrons. The fourth-order valence-electron chi connectivity index (χ4n) is 1.94. The SMILES string of the molecule is CN(C)c1ccc2[nH]c(-c3cc(Br)ccc3Cl)nc2n1. The standard InChI is InChI=1S/C14H12BrClN4/c1-20(2)12-6-5-11-14(18-12)19-13(17-11)9-7-8(15)3-4-10(9)16/h3-7H,1-2H3,(H,17,18,19).